The Morgan fingerprint density at radius 3 is 2.57 bits per heavy atom. The molecule has 0 unspecified atom stereocenters. The molecule has 1 aromatic heterocycles. The molecule has 108 valence electrons. The van der Waals surface area contributed by atoms with Crippen molar-refractivity contribution in [3.8, 4) is 5.69 Å². The van der Waals surface area contributed by atoms with Crippen molar-refractivity contribution >= 4 is 11.8 Å². The predicted octanol–water partition coefficient (Wildman–Crippen LogP) is 2.64. The fraction of sp³-hybridized carbons (Fsp3) is 0.154. The molecule has 1 heterocycles. The van der Waals surface area contributed by atoms with Gasteiger partial charge in [-0.1, -0.05) is 6.07 Å². The third-order valence-electron chi connectivity index (χ3n) is 3.00. The van der Waals surface area contributed by atoms with Crippen molar-refractivity contribution in [2.75, 3.05) is 0 Å². The van der Waals surface area contributed by atoms with Crippen LogP contribution in [0.4, 0.5) is 5.69 Å². The number of benzene rings is 1. The lowest BCUT2D eigenvalue weighted by atomic mass is 10.2. The molecule has 0 aliphatic carbocycles. The number of hydrogen-bond donors (Lipinski definition) is 0. The van der Waals surface area contributed by atoms with Crippen molar-refractivity contribution in [2.24, 2.45) is 0 Å². The van der Waals surface area contributed by atoms with E-state index in [1.54, 1.807) is 26.0 Å². The second-order valence-corrected chi connectivity index (χ2v) is 4.37. The van der Waals surface area contributed by atoms with Crippen LogP contribution in [0.15, 0.2) is 30.5 Å². The molecular formula is C13H12N4O4. The summed E-state index contributed by atoms with van der Waals surface area (Å²) in [7, 11) is 0. The van der Waals surface area contributed by atoms with E-state index in [2.05, 4.69) is 5.10 Å². The minimum absolute atomic E-state index is 0.0394. The number of rotatable bonds is 4. The lowest BCUT2D eigenvalue weighted by molar-refractivity contribution is -0.400. The molecule has 0 aliphatic rings. The molecule has 0 amide bonds. The molecule has 0 saturated heterocycles. The van der Waals surface area contributed by atoms with Gasteiger partial charge in [-0.05, 0) is 19.9 Å². The van der Waals surface area contributed by atoms with Crippen LogP contribution in [0.25, 0.3) is 11.8 Å². The average molecular weight is 288 g/mol. The highest BCUT2D eigenvalue weighted by Gasteiger charge is 2.14. The average Bonchev–Trinajstić information content (AvgIpc) is 2.72. The van der Waals surface area contributed by atoms with Crippen molar-refractivity contribution in [3.05, 3.63) is 67.6 Å². The highest BCUT2D eigenvalue weighted by molar-refractivity contribution is 5.56. The van der Waals surface area contributed by atoms with Gasteiger partial charge in [-0.15, -0.1) is 0 Å². The molecule has 0 fully saturated rings. The molecule has 2 rings (SSSR count). The minimum atomic E-state index is -0.552. The summed E-state index contributed by atoms with van der Waals surface area (Å²) in [6.07, 6.45) is 2.21. The summed E-state index contributed by atoms with van der Waals surface area (Å²) in [6, 6.07) is 6.05. The first kappa shape index (κ1) is 14.4. The van der Waals surface area contributed by atoms with Crippen LogP contribution in [0.3, 0.4) is 0 Å². The first-order valence-electron chi connectivity index (χ1n) is 6.03. The number of non-ortho nitro benzene ring substituents is 1. The zero-order chi connectivity index (χ0) is 15.6. The SMILES string of the molecule is Cc1nn(-c2cccc([N+](=O)[O-])c2)c(C)c1/C=C/[N+](=O)[O-]. The number of nitrogens with zero attached hydrogens (tertiary/aromatic N) is 4. The van der Waals surface area contributed by atoms with E-state index >= 15 is 0 Å². The molecule has 0 radical (unpaired) electrons. The Kier molecular flexibility index (Phi) is 3.79. The first-order chi connectivity index (χ1) is 9.90. The predicted molar refractivity (Wildman–Crippen MR) is 75.7 cm³/mol. The lowest BCUT2D eigenvalue weighted by Crippen LogP contribution is -2.00. The summed E-state index contributed by atoms with van der Waals surface area (Å²) >= 11 is 0. The van der Waals surface area contributed by atoms with Crippen molar-refractivity contribution in [2.45, 2.75) is 13.8 Å². The Balaban J connectivity index is 2.51. The maximum atomic E-state index is 10.8. The molecule has 1 aromatic carbocycles. The van der Waals surface area contributed by atoms with E-state index < -0.39 is 9.85 Å². The number of aryl methyl sites for hydroxylation is 1. The van der Waals surface area contributed by atoms with E-state index in [1.165, 1.54) is 22.9 Å². The van der Waals surface area contributed by atoms with Gasteiger partial charge >= 0.3 is 0 Å². The summed E-state index contributed by atoms with van der Waals surface area (Å²) in [5, 5.41) is 25.5. The van der Waals surface area contributed by atoms with Crippen molar-refractivity contribution in [3.63, 3.8) is 0 Å². The van der Waals surface area contributed by atoms with Gasteiger partial charge in [-0.2, -0.15) is 5.10 Å². The third kappa shape index (κ3) is 2.94. The van der Waals surface area contributed by atoms with E-state index in [1.807, 2.05) is 0 Å². The summed E-state index contributed by atoms with van der Waals surface area (Å²) in [6.45, 7) is 3.47. The van der Waals surface area contributed by atoms with E-state index in [0.717, 1.165) is 6.20 Å². The van der Waals surface area contributed by atoms with Gasteiger partial charge in [-0.3, -0.25) is 20.2 Å². The molecule has 0 spiro atoms. The zero-order valence-electron chi connectivity index (χ0n) is 11.4. The molecular weight excluding hydrogens is 276 g/mol. The number of aromatic nitrogens is 2. The maximum absolute atomic E-state index is 10.8. The lowest BCUT2D eigenvalue weighted by Gasteiger charge is -2.04. The van der Waals surface area contributed by atoms with E-state index in [0.29, 0.717) is 22.6 Å². The zero-order valence-corrected chi connectivity index (χ0v) is 11.4. The van der Waals surface area contributed by atoms with Crippen molar-refractivity contribution < 1.29 is 9.85 Å². The molecule has 0 aliphatic heterocycles. The van der Waals surface area contributed by atoms with Gasteiger partial charge in [0.2, 0.25) is 6.20 Å². The van der Waals surface area contributed by atoms with Crippen molar-refractivity contribution in [1.29, 1.82) is 0 Å². The Labute approximate surface area is 119 Å². The van der Waals surface area contributed by atoms with Crippen molar-refractivity contribution in [1.82, 2.24) is 9.78 Å². The van der Waals surface area contributed by atoms with Crippen LogP contribution in [0.2, 0.25) is 0 Å². The largest absolute Gasteiger partial charge is 0.271 e. The summed E-state index contributed by atoms with van der Waals surface area (Å²) in [5.74, 6) is 0. The Bertz CT molecular complexity index is 749. The van der Waals surface area contributed by atoms with E-state index in [4.69, 9.17) is 0 Å². The number of nitro groups is 2. The van der Waals surface area contributed by atoms with Gasteiger partial charge in [0.05, 0.1) is 21.2 Å². The first-order valence-corrected chi connectivity index (χ1v) is 6.03. The fourth-order valence-corrected chi connectivity index (χ4v) is 2.02. The molecule has 0 bridgehead atoms. The fourth-order valence-electron chi connectivity index (χ4n) is 2.02. The summed E-state index contributed by atoms with van der Waals surface area (Å²) < 4.78 is 1.53. The van der Waals surface area contributed by atoms with Gasteiger partial charge in [0.25, 0.3) is 5.69 Å². The normalized spacial score (nSPS) is 11.0. The van der Waals surface area contributed by atoms with Gasteiger partial charge in [0, 0.05) is 29.5 Å². The van der Waals surface area contributed by atoms with Crippen LogP contribution >= 0.6 is 0 Å². The van der Waals surface area contributed by atoms with E-state index in [-0.39, 0.29) is 5.69 Å². The second kappa shape index (κ2) is 5.53. The van der Waals surface area contributed by atoms with Gasteiger partial charge in [0.15, 0.2) is 0 Å². The molecule has 0 atom stereocenters. The summed E-state index contributed by atoms with van der Waals surface area (Å²) in [5.41, 5.74) is 2.40. The maximum Gasteiger partial charge on any atom is 0.271 e. The molecule has 2 aromatic rings. The molecule has 0 N–H and O–H groups in total. The Morgan fingerprint density at radius 2 is 1.95 bits per heavy atom. The number of hydrogen-bond acceptors (Lipinski definition) is 5. The standard InChI is InChI=1S/C13H12N4O4/c1-9-13(6-7-15(18)19)10(2)16(14-9)11-4-3-5-12(8-11)17(20)21/h3-8H,1-2H3/b7-6+. The second-order valence-electron chi connectivity index (χ2n) is 4.37. The van der Waals surface area contributed by atoms with E-state index in [9.17, 15) is 20.2 Å². The molecule has 0 saturated carbocycles. The van der Waals surface area contributed by atoms with Gasteiger partial charge in [-0.25, -0.2) is 4.68 Å². The highest BCUT2D eigenvalue weighted by atomic mass is 16.6. The molecule has 21 heavy (non-hydrogen) atoms. The third-order valence-corrected chi connectivity index (χ3v) is 3.00. The molecule has 8 heteroatoms. The van der Waals surface area contributed by atoms with Crippen LogP contribution in [-0.4, -0.2) is 19.6 Å². The summed E-state index contributed by atoms with van der Waals surface area (Å²) in [4.78, 5) is 20.2. The highest BCUT2D eigenvalue weighted by Crippen LogP contribution is 2.22. The van der Waals surface area contributed by atoms with Crippen LogP contribution in [-0.2, 0) is 0 Å². The van der Waals surface area contributed by atoms with Crippen LogP contribution in [0.1, 0.15) is 17.0 Å². The van der Waals surface area contributed by atoms with Crippen LogP contribution in [0.5, 0.6) is 0 Å². The van der Waals surface area contributed by atoms with Gasteiger partial charge < -0.3 is 0 Å². The van der Waals surface area contributed by atoms with Gasteiger partial charge in [0.1, 0.15) is 0 Å². The molecule has 8 nitrogen and oxygen atoms in total. The monoisotopic (exact) mass is 288 g/mol. The smallest absolute Gasteiger partial charge is 0.259 e. The topological polar surface area (TPSA) is 104 Å². The van der Waals surface area contributed by atoms with Crippen LogP contribution < -0.4 is 0 Å². The quantitative estimate of drug-likeness (QED) is 0.635. The number of nitro benzene ring substituents is 1. The minimum Gasteiger partial charge on any atom is -0.259 e. The Hall–Kier alpha value is -3.03. The van der Waals surface area contributed by atoms with Crippen LogP contribution in [0, 0.1) is 34.1 Å². The Morgan fingerprint density at radius 1 is 1.24 bits per heavy atom.